The molecule has 0 radical (unpaired) electrons. The van der Waals surface area contributed by atoms with Gasteiger partial charge in [-0.05, 0) is 46.9 Å². The second kappa shape index (κ2) is 4.73. The summed E-state index contributed by atoms with van der Waals surface area (Å²) in [6.45, 7) is 0. The van der Waals surface area contributed by atoms with E-state index in [9.17, 15) is 4.39 Å². The first-order valence-corrected chi connectivity index (χ1v) is 5.60. The molecule has 2 aromatic rings. The summed E-state index contributed by atoms with van der Waals surface area (Å²) in [7, 11) is 1.44. The lowest BCUT2D eigenvalue weighted by Gasteiger charge is -2.04. The van der Waals surface area contributed by atoms with Crippen molar-refractivity contribution in [3.8, 4) is 17.0 Å². The lowest BCUT2D eigenvalue weighted by Crippen LogP contribution is -1.91. The molecule has 0 N–H and O–H groups in total. The SMILES string of the molecule is COc1ccc(-c2cc(I)ncn2)cc1F. The van der Waals surface area contributed by atoms with Crippen LogP contribution in [0.5, 0.6) is 5.75 Å². The Kier molecular flexibility index (Phi) is 3.33. The number of methoxy groups -OCH3 is 1. The normalized spacial score (nSPS) is 10.2. The summed E-state index contributed by atoms with van der Waals surface area (Å²) >= 11 is 2.09. The molecule has 0 aliphatic carbocycles. The van der Waals surface area contributed by atoms with Crippen LogP contribution in [-0.4, -0.2) is 17.1 Å². The van der Waals surface area contributed by atoms with Crippen LogP contribution in [0.4, 0.5) is 4.39 Å². The molecule has 0 amide bonds. The third-order valence-corrected chi connectivity index (χ3v) is 2.67. The Bertz CT molecular complexity index is 519. The van der Waals surface area contributed by atoms with E-state index in [0.29, 0.717) is 11.3 Å². The minimum Gasteiger partial charge on any atom is -0.494 e. The van der Waals surface area contributed by atoms with Gasteiger partial charge in [-0.25, -0.2) is 14.4 Å². The first kappa shape index (κ1) is 11.3. The van der Waals surface area contributed by atoms with Crippen LogP contribution in [-0.2, 0) is 0 Å². The van der Waals surface area contributed by atoms with E-state index in [2.05, 4.69) is 32.6 Å². The van der Waals surface area contributed by atoms with E-state index in [4.69, 9.17) is 4.74 Å². The molecule has 0 saturated carbocycles. The molecule has 1 aromatic heterocycles. The number of aromatic nitrogens is 2. The second-order valence-corrected chi connectivity index (χ2v) is 4.18. The highest BCUT2D eigenvalue weighted by Gasteiger charge is 2.06. The molecule has 0 bridgehead atoms. The number of hydrogen-bond donors (Lipinski definition) is 0. The maximum absolute atomic E-state index is 13.5. The summed E-state index contributed by atoms with van der Waals surface area (Å²) in [5, 5.41) is 0. The van der Waals surface area contributed by atoms with E-state index < -0.39 is 5.82 Å². The molecule has 1 aromatic carbocycles. The van der Waals surface area contributed by atoms with Crippen LogP contribution in [0.2, 0.25) is 0 Å². The predicted molar refractivity (Wildman–Crippen MR) is 66.7 cm³/mol. The quantitative estimate of drug-likeness (QED) is 0.627. The summed E-state index contributed by atoms with van der Waals surface area (Å²) in [6, 6.07) is 6.54. The lowest BCUT2D eigenvalue weighted by atomic mass is 10.1. The Morgan fingerprint density at radius 1 is 1.25 bits per heavy atom. The van der Waals surface area contributed by atoms with E-state index >= 15 is 0 Å². The molecule has 0 aliphatic heterocycles. The molecule has 3 nitrogen and oxygen atoms in total. The van der Waals surface area contributed by atoms with Gasteiger partial charge >= 0.3 is 0 Å². The molecule has 0 fully saturated rings. The molecular weight excluding hydrogens is 322 g/mol. The van der Waals surface area contributed by atoms with Crippen LogP contribution in [0, 0.1) is 9.52 Å². The van der Waals surface area contributed by atoms with Crippen molar-refractivity contribution in [2.24, 2.45) is 0 Å². The maximum Gasteiger partial charge on any atom is 0.165 e. The molecular formula is C11H8FIN2O. The van der Waals surface area contributed by atoms with Crippen molar-refractivity contribution in [2.45, 2.75) is 0 Å². The number of hydrogen-bond acceptors (Lipinski definition) is 3. The van der Waals surface area contributed by atoms with Gasteiger partial charge in [-0.2, -0.15) is 0 Å². The Labute approximate surface area is 106 Å². The van der Waals surface area contributed by atoms with Gasteiger partial charge in [0.25, 0.3) is 0 Å². The zero-order valence-corrected chi connectivity index (χ0v) is 10.6. The van der Waals surface area contributed by atoms with Crippen LogP contribution in [0.25, 0.3) is 11.3 Å². The number of nitrogens with zero attached hydrogens (tertiary/aromatic N) is 2. The predicted octanol–water partition coefficient (Wildman–Crippen LogP) is 2.90. The molecule has 82 valence electrons. The van der Waals surface area contributed by atoms with Crippen molar-refractivity contribution in [3.05, 3.63) is 40.1 Å². The molecule has 0 atom stereocenters. The van der Waals surface area contributed by atoms with Crippen LogP contribution < -0.4 is 4.74 Å². The minimum atomic E-state index is -0.395. The van der Waals surface area contributed by atoms with Crippen molar-refractivity contribution < 1.29 is 9.13 Å². The van der Waals surface area contributed by atoms with Crippen molar-refractivity contribution in [1.29, 1.82) is 0 Å². The summed E-state index contributed by atoms with van der Waals surface area (Å²) in [6.07, 6.45) is 1.46. The van der Waals surface area contributed by atoms with Gasteiger partial charge in [-0.1, -0.05) is 0 Å². The van der Waals surface area contributed by atoms with E-state index in [-0.39, 0.29) is 5.75 Å². The summed E-state index contributed by atoms with van der Waals surface area (Å²) in [5.74, 6) is -0.166. The number of ether oxygens (including phenoxy) is 1. The number of rotatable bonds is 2. The van der Waals surface area contributed by atoms with Gasteiger partial charge in [-0.3, -0.25) is 0 Å². The first-order chi connectivity index (χ1) is 7.70. The second-order valence-electron chi connectivity index (χ2n) is 3.08. The fraction of sp³-hybridized carbons (Fsp3) is 0.0909. The molecule has 5 heteroatoms. The topological polar surface area (TPSA) is 35.0 Å². The van der Waals surface area contributed by atoms with E-state index in [0.717, 1.165) is 3.70 Å². The van der Waals surface area contributed by atoms with Gasteiger partial charge in [0.15, 0.2) is 11.6 Å². The van der Waals surface area contributed by atoms with Crippen molar-refractivity contribution in [1.82, 2.24) is 9.97 Å². The fourth-order valence-electron chi connectivity index (χ4n) is 1.32. The molecule has 0 unspecified atom stereocenters. The summed E-state index contributed by atoms with van der Waals surface area (Å²) < 4.78 is 19.1. The van der Waals surface area contributed by atoms with Gasteiger partial charge in [0.1, 0.15) is 10.0 Å². The van der Waals surface area contributed by atoms with Gasteiger partial charge in [0.2, 0.25) is 0 Å². The minimum absolute atomic E-state index is 0.229. The molecule has 1 heterocycles. The zero-order valence-electron chi connectivity index (χ0n) is 8.45. The third kappa shape index (κ3) is 2.29. The Morgan fingerprint density at radius 3 is 2.69 bits per heavy atom. The molecule has 16 heavy (non-hydrogen) atoms. The van der Waals surface area contributed by atoms with Crippen LogP contribution >= 0.6 is 22.6 Å². The average molecular weight is 330 g/mol. The zero-order chi connectivity index (χ0) is 11.5. The fourth-order valence-corrected chi connectivity index (χ4v) is 1.74. The van der Waals surface area contributed by atoms with Crippen molar-refractivity contribution in [3.63, 3.8) is 0 Å². The van der Waals surface area contributed by atoms with Crippen molar-refractivity contribution >= 4 is 22.6 Å². The van der Waals surface area contributed by atoms with Crippen LogP contribution in [0.1, 0.15) is 0 Å². The molecule has 0 spiro atoms. The van der Waals surface area contributed by atoms with Crippen molar-refractivity contribution in [2.75, 3.05) is 7.11 Å². The summed E-state index contributed by atoms with van der Waals surface area (Å²) in [5.41, 5.74) is 1.40. The van der Waals surface area contributed by atoms with Gasteiger partial charge in [0.05, 0.1) is 12.8 Å². The van der Waals surface area contributed by atoms with E-state index in [1.807, 2.05) is 0 Å². The first-order valence-electron chi connectivity index (χ1n) is 4.52. The maximum atomic E-state index is 13.5. The molecule has 2 rings (SSSR count). The number of benzene rings is 1. The highest BCUT2D eigenvalue weighted by atomic mass is 127. The number of halogens is 2. The van der Waals surface area contributed by atoms with Crippen LogP contribution in [0.3, 0.4) is 0 Å². The molecule has 0 aliphatic rings. The highest BCUT2D eigenvalue weighted by molar-refractivity contribution is 14.1. The largest absolute Gasteiger partial charge is 0.494 e. The molecule has 0 saturated heterocycles. The average Bonchev–Trinajstić information content (AvgIpc) is 2.29. The summed E-state index contributed by atoms with van der Waals surface area (Å²) in [4.78, 5) is 8.06. The van der Waals surface area contributed by atoms with Gasteiger partial charge in [0, 0.05) is 5.56 Å². The van der Waals surface area contributed by atoms with Crippen LogP contribution in [0.15, 0.2) is 30.6 Å². The van der Waals surface area contributed by atoms with E-state index in [1.54, 1.807) is 18.2 Å². The highest BCUT2D eigenvalue weighted by Crippen LogP contribution is 2.24. The van der Waals surface area contributed by atoms with E-state index in [1.165, 1.54) is 19.5 Å². The standard InChI is InChI=1S/C11H8FIN2O/c1-16-10-3-2-7(4-8(10)12)9-5-11(13)15-6-14-9/h2-6H,1H3. The smallest absolute Gasteiger partial charge is 0.165 e. The third-order valence-electron chi connectivity index (χ3n) is 2.08. The Hall–Kier alpha value is -1.24. The van der Waals surface area contributed by atoms with Gasteiger partial charge < -0.3 is 4.74 Å². The van der Waals surface area contributed by atoms with Gasteiger partial charge in [-0.15, -0.1) is 0 Å². The monoisotopic (exact) mass is 330 g/mol. The Morgan fingerprint density at radius 2 is 2.06 bits per heavy atom. The lowest BCUT2D eigenvalue weighted by molar-refractivity contribution is 0.386. The Balaban J connectivity index is 2.45.